The van der Waals surface area contributed by atoms with Crippen LogP contribution >= 0.6 is 11.8 Å². The molecule has 3 aromatic rings. The Morgan fingerprint density at radius 3 is 2.59 bits per heavy atom. The Bertz CT molecular complexity index is 933. The summed E-state index contributed by atoms with van der Waals surface area (Å²) in [5.74, 6) is 1.42. The number of nitrogens with zero attached hydrogens (tertiary/aromatic N) is 4. The molecule has 1 atom stereocenters. The number of amides is 1. The lowest BCUT2D eigenvalue weighted by molar-refractivity contribution is -0.131. The third-order valence-electron chi connectivity index (χ3n) is 5.49. The lowest BCUT2D eigenvalue weighted by Gasteiger charge is -2.32. The van der Waals surface area contributed by atoms with Gasteiger partial charge in [0.2, 0.25) is 11.7 Å². The SMILES string of the molecule is CC(Sc1nnc(-c2ccco2)n1-c1ccccc1)C(=O)N(C)C1CCCCC1. The maximum absolute atomic E-state index is 13.1. The Labute approximate surface area is 175 Å². The summed E-state index contributed by atoms with van der Waals surface area (Å²) < 4.78 is 7.51. The zero-order chi connectivity index (χ0) is 20.2. The van der Waals surface area contributed by atoms with Gasteiger partial charge in [-0.25, -0.2) is 0 Å². The minimum Gasteiger partial charge on any atom is -0.461 e. The summed E-state index contributed by atoms with van der Waals surface area (Å²) in [5, 5.41) is 9.17. The van der Waals surface area contributed by atoms with Crippen LogP contribution in [-0.4, -0.2) is 43.9 Å². The second-order valence-corrected chi connectivity index (χ2v) is 8.76. The Morgan fingerprint density at radius 2 is 1.90 bits per heavy atom. The standard InChI is InChI=1S/C22H26N4O2S/c1-16(21(27)25(2)17-10-5-3-6-11-17)29-22-24-23-20(19-14-9-15-28-19)26(22)18-12-7-4-8-13-18/h4,7-9,12-17H,3,5-6,10-11H2,1-2H3. The molecule has 1 saturated carbocycles. The zero-order valence-electron chi connectivity index (χ0n) is 16.8. The molecule has 0 bridgehead atoms. The first kappa shape index (κ1) is 19.8. The molecule has 1 unspecified atom stereocenters. The molecule has 0 aliphatic heterocycles. The van der Waals surface area contributed by atoms with Gasteiger partial charge in [-0.3, -0.25) is 9.36 Å². The van der Waals surface area contributed by atoms with Crippen molar-refractivity contribution in [2.24, 2.45) is 0 Å². The number of benzene rings is 1. The molecule has 29 heavy (non-hydrogen) atoms. The fourth-order valence-corrected chi connectivity index (χ4v) is 4.83. The normalized spacial score (nSPS) is 15.9. The van der Waals surface area contributed by atoms with E-state index in [9.17, 15) is 4.79 Å². The number of furan rings is 1. The average molecular weight is 411 g/mol. The van der Waals surface area contributed by atoms with Gasteiger partial charge in [-0.2, -0.15) is 0 Å². The molecule has 1 amide bonds. The van der Waals surface area contributed by atoms with Crippen molar-refractivity contribution in [3.63, 3.8) is 0 Å². The maximum Gasteiger partial charge on any atom is 0.235 e. The molecule has 1 aromatic carbocycles. The van der Waals surface area contributed by atoms with Crippen molar-refractivity contribution >= 4 is 17.7 Å². The molecule has 1 aliphatic carbocycles. The second-order valence-electron chi connectivity index (χ2n) is 7.46. The van der Waals surface area contributed by atoms with Gasteiger partial charge < -0.3 is 9.32 Å². The fourth-order valence-electron chi connectivity index (χ4n) is 3.87. The lowest BCUT2D eigenvalue weighted by Crippen LogP contribution is -2.42. The van der Waals surface area contributed by atoms with Crippen molar-refractivity contribution in [3.05, 3.63) is 48.7 Å². The minimum atomic E-state index is -0.252. The number of para-hydroxylation sites is 1. The first-order chi connectivity index (χ1) is 14.1. The number of carbonyl (C=O) groups excluding carboxylic acids is 1. The van der Waals surface area contributed by atoms with Crippen LogP contribution in [0.1, 0.15) is 39.0 Å². The Balaban J connectivity index is 1.59. The van der Waals surface area contributed by atoms with Crippen molar-refractivity contribution in [1.29, 1.82) is 0 Å². The van der Waals surface area contributed by atoms with E-state index in [4.69, 9.17) is 4.42 Å². The number of thioether (sulfide) groups is 1. The lowest BCUT2D eigenvalue weighted by atomic mass is 9.94. The van der Waals surface area contributed by atoms with E-state index in [1.807, 2.05) is 65.9 Å². The third-order valence-corrected chi connectivity index (χ3v) is 6.52. The van der Waals surface area contributed by atoms with Crippen LogP contribution in [0, 0.1) is 0 Å². The molecular weight excluding hydrogens is 384 g/mol. The largest absolute Gasteiger partial charge is 0.461 e. The van der Waals surface area contributed by atoms with Gasteiger partial charge >= 0.3 is 0 Å². The van der Waals surface area contributed by atoms with E-state index in [1.165, 1.54) is 31.0 Å². The van der Waals surface area contributed by atoms with Crippen LogP contribution in [0.15, 0.2) is 58.3 Å². The Morgan fingerprint density at radius 1 is 1.14 bits per heavy atom. The third kappa shape index (κ3) is 4.24. The van der Waals surface area contributed by atoms with E-state index in [0.717, 1.165) is 18.5 Å². The summed E-state index contributed by atoms with van der Waals surface area (Å²) in [6.45, 7) is 1.95. The number of carbonyl (C=O) groups is 1. The van der Waals surface area contributed by atoms with Gasteiger partial charge in [0.15, 0.2) is 10.9 Å². The summed E-state index contributed by atoms with van der Waals surface area (Å²) in [4.78, 5) is 15.0. The quantitative estimate of drug-likeness (QED) is 0.546. The highest BCUT2D eigenvalue weighted by Gasteiger charge is 2.28. The smallest absolute Gasteiger partial charge is 0.235 e. The first-order valence-corrected chi connectivity index (χ1v) is 11.0. The van der Waals surface area contributed by atoms with Crippen molar-refractivity contribution in [1.82, 2.24) is 19.7 Å². The highest BCUT2D eigenvalue weighted by molar-refractivity contribution is 8.00. The molecule has 1 fully saturated rings. The van der Waals surface area contributed by atoms with E-state index < -0.39 is 0 Å². The number of hydrogen-bond acceptors (Lipinski definition) is 5. The molecular formula is C22H26N4O2S. The fraction of sp³-hybridized carbons (Fsp3) is 0.409. The molecule has 0 spiro atoms. The van der Waals surface area contributed by atoms with Crippen LogP contribution in [0.5, 0.6) is 0 Å². The van der Waals surface area contributed by atoms with Crippen LogP contribution in [-0.2, 0) is 4.79 Å². The van der Waals surface area contributed by atoms with Crippen molar-refractivity contribution in [2.75, 3.05) is 7.05 Å². The molecule has 2 aromatic heterocycles. The van der Waals surface area contributed by atoms with Gasteiger partial charge in [-0.15, -0.1) is 10.2 Å². The van der Waals surface area contributed by atoms with Gasteiger partial charge in [0.25, 0.3) is 0 Å². The predicted octanol–water partition coefficient (Wildman–Crippen LogP) is 4.80. The highest BCUT2D eigenvalue weighted by Crippen LogP contribution is 2.31. The van der Waals surface area contributed by atoms with Gasteiger partial charge in [-0.05, 0) is 44.0 Å². The number of aromatic nitrogens is 3. The van der Waals surface area contributed by atoms with Gasteiger partial charge in [0, 0.05) is 18.8 Å². The molecule has 0 radical (unpaired) electrons. The van der Waals surface area contributed by atoms with E-state index in [0.29, 0.717) is 22.8 Å². The van der Waals surface area contributed by atoms with Crippen molar-refractivity contribution in [3.8, 4) is 17.3 Å². The summed E-state index contributed by atoms with van der Waals surface area (Å²) in [6, 6.07) is 14.0. The minimum absolute atomic E-state index is 0.143. The topological polar surface area (TPSA) is 64.2 Å². The maximum atomic E-state index is 13.1. The molecule has 0 saturated heterocycles. The van der Waals surface area contributed by atoms with Gasteiger partial charge in [0.1, 0.15) is 0 Å². The van der Waals surface area contributed by atoms with Crippen LogP contribution in [0.2, 0.25) is 0 Å². The van der Waals surface area contributed by atoms with Crippen LogP contribution < -0.4 is 0 Å². The molecule has 4 rings (SSSR count). The molecule has 7 heteroatoms. The second kappa shape index (κ2) is 8.86. The van der Waals surface area contributed by atoms with Gasteiger partial charge in [-0.1, -0.05) is 49.2 Å². The van der Waals surface area contributed by atoms with E-state index >= 15 is 0 Å². The molecule has 6 nitrogen and oxygen atoms in total. The monoisotopic (exact) mass is 410 g/mol. The zero-order valence-corrected chi connectivity index (χ0v) is 17.6. The predicted molar refractivity (Wildman–Crippen MR) is 114 cm³/mol. The molecule has 1 aliphatic rings. The highest BCUT2D eigenvalue weighted by atomic mass is 32.2. The van der Waals surface area contributed by atoms with Crippen molar-refractivity contribution in [2.45, 2.75) is 55.5 Å². The van der Waals surface area contributed by atoms with Crippen molar-refractivity contribution < 1.29 is 9.21 Å². The van der Waals surface area contributed by atoms with Gasteiger partial charge in [0.05, 0.1) is 11.5 Å². The van der Waals surface area contributed by atoms with E-state index in [-0.39, 0.29) is 11.2 Å². The first-order valence-electron chi connectivity index (χ1n) is 10.1. The van der Waals surface area contributed by atoms with Crippen LogP contribution in [0.25, 0.3) is 17.3 Å². The number of hydrogen-bond donors (Lipinski definition) is 0. The Hall–Kier alpha value is -2.54. The molecule has 0 N–H and O–H groups in total. The average Bonchev–Trinajstić information content (AvgIpc) is 3.43. The summed E-state index contributed by atoms with van der Waals surface area (Å²) >= 11 is 1.44. The Kier molecular flexibility index (Phi) is 6.04. The van der Waals surface area contributed by atoms with E-state index in [1.54, 1.807) is 6.26 Å². The molecule has 2 heterocycles. The number of rotatable bonds is 6. The molecule has 152 valence electrons. The van der Waals surface area contributed by atoms with Crippen LogP contribution in [0.3, 0.4) is 0 Å². The van der Waals surface area contributed by atoms with Crippen LogP contribution in [0.4, 0.5) is 0 Å². The summed E-state index contributed by atoms with van der Waals surface area (Å²) in [7, 11) is 1.94. The summed E-state index contributed by atoms with van der Waals surface area (Å²) in [6.07, 6.45) is 7.51. The summed E-state index contributed by atoms with van der Waals surface area (Å²) in [5.41, 5.74) is 0.937. The van der Waals surface area contributed by atoms with E-state index in [2.05, 4.69) is 10.2 Å².